The van der Waals surface area contributed by atoms with E-state index in [2.05, 4.69) is 0 Å². The summed E-state index contributed by atoms with van der Waals surface area (Å²) in [5.74, 6) is 0. The summed E-state index contributed by atoms with van der Waals surface area (Å²) in [4.78, 5) is 0. The van der Waals surface area contributed by atoms with Gasteiger partial charge >= 0.3 is 45.5 Å². The molecule has 0 aliphatic carbocycles. The summed E-state index contributed by atoms with van der Waals surface area (Å²) in [6.45, 7) is 0. The molecule has 0 amide bonds. The molecular formula is H11ClO4Sr. The van der Waals surface area contributed by atoms with E-state index in [4.69, 9.17) is 0 Å². The molecule has 0 unspecified atom stereocenters. The Morgan fingerprint density at radius 1 is 0.667 bits per heavy atom. The molecule has 0 aliphatic heterocycles. The Bertz CT molecular complexity index is 14.0. The molecule has 0 aliphatic rings. The zero-order valence-corrected chi connectivity index (χ0v) is 7.41. The molecule has 8 N–H and O–H groups in total. The third kappa shape index (κ3) is 46.0. The molecule has 6 heavy (non-hydrogen) atoms. The average Bonchev–Trinajstić information content (AvgIpc) is 0. The molecule has 6 heteroatoms. The standard InChI is InChI=1S/ClH.4H2O.Sr.2H/h1H;4*1H2;;;/q;;;;;+2;2*-1. The first-order valence-electron chi connectivity index (χ1n) is 0. The van der Waals surface area contributed by atoms with Crippen molar-refractivity contribution >= 4 is 57.9 Å². The van der Waals surface area contributed by atoms with Gasteiger partial charge in [0.1, 0.15) is 0 Å². The van der Waals surface area contributed by atoms with Gasteiger partial charge in [0.25, 0.3) is 0 Å². The van der Waals surface area contributed by atoms with E-state index in [1.165, 1.54) is 0 Å². The number of rotatable bonds is 0. The van der Waals surface area contributed by atoms with Gasteiger partial charge in [0.05, 0.1) is 0 Å². The Labute approximate surface area is 81.8 Å². The predicted octanol–water partition coefficient (Wildman–Crippen LogP) is -3.03. The molecule has 0 aromatic heterocycles. The Morgan fingerprint density at radius 3 is 0.667 bits per heavy atom. The molecule has 0 heterocycles. The average molecular weight is 198 g/mol. The van der Waals surface area contributed by atoms with Crippen LogP contribution < -0.4 is 0 Å². The van der Waals surface area contributed by atoms with Crippen LogP contribution >= 0.6 is 12.4 Å². The van der Waals surface area contributed by atoms with Crippen LogP contribution in [0.1, 0.15) is 2.85 Å². The smallest absolute Gasteiger partial charge is 1.00 e. The van der Waals surface area contributed by atoms with Crippen molar-refractivity contribution in [2.24, 2.45) is 0 Å². The number of hydrogen-bond acceptors (Lipinski definition) is 0. The van der Waals surface area contributed by atoms with Gasteiger partial charge in [0.15, 0.2) is 0 Å². The van der Waals surface area contributed by atoms with E-state index in [0.717, 1.165) is 0 Å². The number of halogens is 1. The molecule has 0 atom stereocenters. The van der Waals surface area contributed by atoms with Gasteiger partial charge in [-0.3, -0.25) is 0 Å². The van der Waals surface area contributed by atoms with Gasteiger partial charge in [-0.25, -0.2) is 0 Å². The van der Waals surface area contributed by atoms with Crippen molar-refractivity contribution in [2.75, 3.05) is 0 Å². The summed E-state index contributed by atoms with van der Waals surface area (Å²) in [5, 5.41) is 0. The molecule has 0 bridgehead atoms. The van der Waals surface area contributed by atoms with Crippen molar-refractivity contribution in [3.8, 4) is 0 Å². The molecule has 4 nitrogen and oxygen atoms in total. The maximum atomic E-state index is 0. The molecule has 0 aromatic carbocycles. The van der Waals surface area contributed by atoms with E-state index in [1.807, 2.05) is 0 Å². The quantitative estimate of drug-likeness (QED) is 0.367. The van der Waals surface area contributed by atoms with E-state index in [9.17, 15) is 0 Å². The summed E-state index contributed by atoms with van der Waals surface area (Å²) >= 11 is 0. The summed E-state index contributed by atoms with van der Waals surface area (Å²) in [6.07, 6.45) is 0. The van der Waals surface area contributed by atoms with Gasteiger partial charge in [-0.1, -0.05) is 0 Å². The summed E-state index contributed by atoms with van der Waals surface area (Å²) in [6, 6.07) is 0. The van der Waals surface area contributed by atoms with Crippen molar-refractivity contribution in [3.05, 3.63) is 0 Å². The van der Waals surface area contributed by atoms with Gasteiger partial charge in [-0.2, -0.15) is 0 Å². The normalized spacial score (nSPS) is 0. The van der Waals surface area contributed by atoms with Crippen LogP contribution in [0.3, 0.4) is 0 Å². The van der Waals surface area contributed by atoms with E-state index in [0.29, 0.717) is 0 Å². The van der Waals surface area contributed by atoms with E-state index >= 15 is 0 Å². The zero-order chi connectivity index (χ0) is 0. The van der Waals surface area contributed by atoms with Crippen molar-refractivity contribution in [1.29, 1.82) is 0 Å². The topological polar surface area (TPSA) is 126 Å². The second kappa shape index (κ2) is 80.2. The summed E-state index contributed by atoms with van der Waals surface area (Å²) < 4.78 is 0. The maximum absolute atomic E-state index is 0. The zero-order valence-electron chi connectivity index (χ0n) is 5.12. The number of hydrogen-bond donors (Lipinski definition) is 0. The third-order valence-corrected chi connectivity index (χ3v) is 0. The Balaban J connectivity index is 0. The summed E-state index contributed by atoms with van der Waals surface area (Å²) in [5.41, 5.74) is 0. The molecule has 0 rings (SSSR count). The van der Waals surface area contributed by atoms with Crippen LogP contribution in [0.5, 0.6) is 0 Å². The van der Waals surface area contributed by atoms with Crippen molar-refractivity contribution < 1.29 is 24.8 Å². The van der Waals surface area contributed by atoms with Crippen LogP contribution in [0, 0.1) is 0 Å². The van der Waals surface area contributed by atoms with Crippen molar-refractivity contribution in [3.63, 3.8) is 0 Å². The second-order valence-electron chi connectivity index (χ2n) is 0. The first-order chi connectivity index (χ1) is 0. The van der Waals surface area contributed by atoms with Gasteiger partial charge in [0.2, 0.25) is 0 Å². The largest absolute Gasteiger partial charge is 2.00 e. The monoisotopic (exact) mass is 198 g/mol. The van der Waals surface area contributed by atoms with Crippen LogP contribution in [0.15, 0.2) is 0 Å². The van der Waals surface area contributed by atoms with Crippen molar-refractivity contribution in [1.82, 2.24) is 0 Å². The minimum Gasteiger partial charge on any atom is -1.00 e. The van der Waals surface area contributed by atoms with Crippen LogP contribution in [0.2, 0.25) is 0 Å². The predicted molar refractivity (Wildman–Crippen MR) is 29.7 cm³/mol. The Hall–Kier alpha value is 1.61. The molecule has 0 saturated carbocycles. The SMILES string of the molecule is Cl.O.O.O.O.[H-].[H-].[Sr+2]. The fourth-order valence-corrected chi connectivity index (χ4v) is 0. The first-order valence-corrected chi connectivity index (χ1v) is 0. The molecule has 0 aromatic rings. The van der Waals surface area contributed by atoms with E-state index in [-0.39, 0.29) is 82.6 Å². The third-order valence-electron chi connectivity index (χ3n) is 0. The van der Waals surface area contributed by atoms with Crippen LogP contribution in [-0.4, -0.2) is 67.4 Å². The van der Waals surface area contributed by atoms with E-state index in [1.54, 1.807) is 0 Å². The minimum atomic E-state index is 0. The van der Waals surface area contributed by atoms with Gasteiger partial charge in [0, 0.05) is 0 Å². The fraction of sp³-hybridized carbons (Fsp3) is 0. The van der Waals surface area contributed by atoms with E-state index < -0.39 is 0 Å². The van der Waals surface area contributed by atoms with Gasteiger partial charge in [-0.15, -0.1) is 12.4 Å². The maximum Gasteiger partial charge on any atom is 2.00 e. The molecule has 44 valence electrons. The summed E-state index contributed by atoms with van der Waals surface area (Å²) in [7, 11) is 0. The minimum absolute atomic E-state index is 0. The molecule has 0 spiro atoms. The van der Waals surface area contributed by atoms with Crippen LogP contribution in [-0.2, 0) is 0 Å². The molecule has 0 fully saturated rings. The van der Waals surface area contributed by atoms with Crippen LogP contribution in [0.4, 0.5) is 0 Å². The van der Waals surface area contributed by atoms with Gasteiger partial charge < -0.3 is 24.8 Å². The Morgan fingerprint density at radius 2 is 0.667 bits per heavy atom. The van der Waals surface area contributed by atoms with Crippen LogP contribution in [0.25, 0.3) is 0 Å². The molecule has 0 saturated heterocycles. The van der Waals surface area contributed by atoms with Gasteiger partial charge in [-0.05, 0) is 0 Å². The Kier molecular flexibility index (Phi) is 1710. The first kappa shape index (κ1) is 128. The second-order valence-corrected chi connectivity index (χ2v) is 0. The fourth-order valence-electron chi connectivity index (χ4n) is 0. The van der Waals surface area contributed by atoms with Crippen molar-refractivity contribution in [2.45, 2.75) is 0 Å². The molecule has 0 radical (unpaired) electrons. The molecular weight excluding hydrogens is 187 g/mol.